The molecule has 0 saturated carbocycles. The molecule has 0 radical (unpaired) electrons. The van der Waals surface area contributed by atoms with Gasteiger partial charge < -0.3 is 8.83 Å². The van der Waals surface area contributed by atoms with Crippen LogP contribution in [0.1, 0.15) is 34.7 Å². The van der Waals surface area contributed by atoms with Gasteiger partial charge in [-0.2, -0.15) is 0 Å². The maximum atomic E-state index is 14.3. The van der Waals surface area contributed by atoms with Crippen molar-refractivity contribution in [2.75, 3.05) is 9.80 Å². The summed E-state index contributed by atoms with van der Waals surface area (Å²) in [5.74, 6) is -2.48. The Balaban J connectivity index is 1.30. The molecule has 0 aliphatic carbocycles. The van der Waals surface area contributed by atoms with E-state index in [9.17, 15) is 19.2 Å². The number of furan rings is 2. The Labute approximate surface area is 240 Å². The fourth-order valence-corrected chi connectivity index (χ4v) is 7.21. The van der Waals surface area contributed by atoms with Crippen LogP contribution < -0.4 is 9.80 Å². The predicted octanol–water partition coefficient (Wildman–Crippen LogP) is 3.93. The number of rotatable bonds is 4. The quantitative estimate of drug-likeness (QED) is 0.345. The van der Waals surface area contributed by atoms with Crippen LogP contribution in [0.5, 0.6) is 0 Å². The van der Waals surface area contributed by atoms with Gasteiger partial charge >= 0.3 is 0 Å². The van der Waals surface area contributed by atoms with E-state index in [4.69, 9.17) is 8.83 Å². The normalized spacial score (nSPS) is 29.1. The molecule has 2 aromatic heterocycles. The zero-order chi connectivity index (χ0) is 28.9. The molecule has 10 heteroatoms. The van der Waals surface area contributed by atoms with Crippen molar-refractivity contribution in [2.24, 2.45) is 11.8 Å². The number of hydrogen-bond acceptors (Lipinski definition) is 8. The summed E-state index contributed by atoms with van der Waals surface area (Å²) in [7, 11) is 0. The minimum atomic E-state index is -0.969. The third-order valence-corrected chi connectivity index (χ3v) is 8.98. The SMILES string of the molecule is Cc1ccc(N2C(=O)C3C(C2=O)N2C(c4ccco4)C4C(=O)N(c5ccc(C)cc5)C(=O)C4N2C3c2ccco2)cc1. The summed E-state index contributed by atoms with van der Waals surface area (Å²) < 4.78 is 11.7. The van der Waals surface area contributed by atoms with Crippen molar-refractivity contribution in [3.8, 4) is 0 Å². The average Bonchev–Trinajstić information content (AvgIpc) is 3.81. The van der Waals surface area contributed by atoms with Crippen molar-refractivity contribution < 1.29 is 28.0 Å². The van der Waals surface area contributed by atoms with Crippen LogP contribution in [0.2, 0.25) is 0 Å². The summed E-state index contributed by atoms with van der Waals surface area (Å²) in [5.41, 5.74) is 2.94. The smallest absolute Gasteiger partial charge is 0.253 e. The van der Waals surface area contributed by atoms with Gasteiger partial charge in [0.2, 0.25) is 11.8 Å². The Bertz CT molecular complexity index is 1600. The van der Waals surface area contributed by atoms with Crippen molar-refractivity contribution >= 4 is 35.0 Å². The second-order valence-electron chi connectivity index (χ2n) is 11.3. The van der Waals surface area contributed by atoms with Crippen molar-refractivity contribution in [3.05, 3.63) is 108 Å². The molecule has 6 atom stereocenters. The monoisotopic (exact) mass is 562 g/mol. The summed E-state index contributed by atoms with van der Waals surface area (Å²) in [6.45, 7) is 3.86. The van der Waals surface area contributed by atoms with Gasteiger partial charge in [0.05, 0.1) is 47.8 Å². The van der Waals surface area contributed by atoms with Gasteiger partial charge in [-0.15, -0.1) is 0 Å². The Morgan fingerprint density at radius 3 is 1.21 bits per heavy atom. The largest absolute Gasteiger partial charge is 0.468 e. The number of fused-ring (bicyclic) bond motifs is 5. The van der Waals surface area contributed by atoms with E-state index in [1.165, 1.54) is 22.3 Å². The average molecular weight is 563 g/mol. The fourth-order valence-electron chi connectivity index (χ4n) is 7.21. The Kier molecular flexibility index (Phi) is 5.26. The zero-order valence-electron chi connectivity index (χ0n) is 22.8. The molecule has 6 unspecified atom stereocenters. The Morgan fingerprint density at radius 1 is 0.500 bits per heavy atom. The highest BCUT2D eigenvalue weighted by Crippen LogP contribution is 2.59. The van der Waals surface area contributed by atoms with E-state index >= 15 is 0 Å². The highest BCUT2D eigenvalue weighted by Gasteiger charge is 2.74. The van der Waals surface area contributed by atoms with E-state index in [0.29, 0.717) is 22.9 Å². The number of anilines is 2. The van der Waals surface area contributed by atoms with Gasteiger partial charge in [0, 0.05) is 0 Å². The van der Waals surface area contributed by atoms with E-state index in [-0.39, 0.29) is 11.8 Å². The van der Waals surface area contributed by atoms with Gasteiger partial charge in [-0.25, -0.2) is 19.8 Å². The molecule has 0 spiro atoms. The van der Waals surface area contributed by atoms with Gasteiger partial charge in [-0.05, 0) is 62.4 Å². The lowest BCUT2D eigenvalue weighted by Crippen LogP contribution is -2.50. The molecule has 0 bridgehead atoms. The first-order valence-corrected chi connectivity index (χ1v) is 13.9. The highest BCUT2D eigenvalue weighted by atomic mass is 16.3. The van der Waals surface area contributed by atoms with E-state index in [2.05, 4.69) is 0 Å². The standard InChI is InChI=1S/C32H26N4O6/c1-17-7-11-19(12-8-17)33-29(37)23-25(21-5-3-15-41-21)36-28-24(26(22-6-4-16-42-22)35(36)27(23)31(33)39)30(38)34(32(28)40)20-13-9-18(2)10-14-20/h3-16,23-28H,1-2H3. The van der Waals surface area contributed by atoms with Crippen LogP contribution >= 0.6 is 0 Å². The molecule has 4 aliphatic rings. The minimum Gasteiger partial charge on any atom is -0.468 e. The molecule has 0 N–H and O–H groups in total. The molecular formula is C32H26N4O6. The Morgan fingerprint density at radius 2 is 0.881 bits per heavy atom. The predicted molar refractivity (Wildman–Crippen MR) is 148 cm³/mol. The lowest BCUT2D eigenvalue weighted by Gasteiger charge is -2.34. The Hall–Kier alpha value is -4.80. The zero-order valence-corrected chi connectivity index (χ0v) is 22.8. The number of carbonyl (C=O) groups excluding carboxylic acids is 4. The summed E-state index contributed by atoms with van der Waals surface area (Å²) >= 11 is 0. The van der Waals surface area contributed by atoms with Crippen molar-refractivity contribution in [1.29, 1.82) is 0 Å². The molecule has 4 saturated heterocycles. The molecule has 10 nitrogen and oxygen atoms in total. The maximum absolute atomic E-state index is 14.3. The first kappa shape index (κ1) is 25.0. The summed E-state index contributed by atoms with van der Waals surface area (Å²) in [6, 6.07) is 17.8. The number of carbonyl (C=O) groups is 4. The molecule has 6 heterocycles. The number of amides is 4. The lowest BCUT2D eigenvalue weighted by atomic mass is 9.87. The molecule has 8 rings (SSSR count). The number of imide groups is 2. The number of hydrazine groups is 1. The lowest BCUT2D eigenvalue weighted by molar-refractivity contribution is -0.136. The molecule has 2 aromatic carbocycles. The van der Waals surface area contributed by atoms with Crippen molar-refractivity contribution in [2.45, 2.75) is 38.0 Å². The van der Waals surface area contributed by atoms with Crippen LogP contribution in [0, 0.1) is 25.7 Å². The molecule has 4 fully saturated rings. The molecular weight excluding hydrogens is 536 g/mol. The third kappa shape index (κ3) is 3.21. The van der Waals surface area contributed by atoms with Gasteiger partial charge in [-0.1, -0.05) is 35.4 Å². The maximum Gasteiger partial charge on any atom is 0.253 e. The van der Waals surface area contributed by atoms with Crippen LogP contribution in [-0.4, -0.2) is 45.7 Å². The second-order valence-corrected chi connectivity index (χ2v) is 11.3. The number of hydrogen-bond donors (Lipinski definition) is 0. The number of aryl methyl sites for hydroxylation is 2. The van der Waals surface area contributed by atoms with Crippen molar-refractivity contribution in [1.82, 2.24) is 10.0 Å². The van der Waals surface area contributed by atoms with Crippen LogP contribution in [-0.2, 0) is 19.2 Å². The molecule has 210 valence electrons. The van der Waals surface area contributed by atoms with Gasteiger partial charge in [0.15, 0.2) is 0 Å². The summed E-state index contributed by atoms with van der Waals surface area (Å²) in [4.78, 5) is 59.3. The van der Waals surface area contributed by atoms with E-state index in [1.54, 1.807) is 58.5 Å². The van der Waals surface area contributed by atoms with E-state index < -0.39 is 47.8 Å². The summed E-state index contributed by atoms with van der Waals surface area (Å²) in [5, 5.41) is 3.51. The first-order chi connectivity index (χ1) is 20.4. The first-order valence-electron chi connectivity index (χ1n) is 13.9. The van der Waals surface area contributed by atoms with Crippen LogP contribution in [0.15, 0.2) is 94.2 Å². The van der Waals surface area contributed by atoms with Crippen molar-refractivity contribution in [3.63, 3.8) is 0 Å². The van der Waals surface area contributed by atoms with Crippen LogP contribution in [0.25, 0.3) is 0 Å². The summed E-state index contributed by atoms with van der Waals surface area (Å²) in [6.07, 6.45) is 3.01. The fraction of sp³-hybridized carbons (Fsp3) is 0.250. The highest BCUT2D eigenvalue weighted by molar-refractivity contribution is 6.26. The minimum absolute atomic E-state index is 0.383. The van der Waals surface area contributed by atoms with Gasteiger partial charge in [-0.3, -0.25) is 19.2 Å². The van der Waals surface area contributed by atoms with E-state index in [1.807, 2.05) is 38.1 Å². The molecule has 4 amide bonds. The molecule has 42 heavy (non-hydrogen) atoms. The van der Waals surface area contributed by atoms with E-state index in [0.717, 1.165) is 11.1 Å². The van der Waals surface area contributed by atoms with Crippen LogP contribution in [0.4, 0.5) is 11.4 Å². The van der Waals surface area contributed by atoms with Gasteiger partial charge in [0.25, 0.3) is 11.8 Å². The topological polar surface area (TPSA) is 108 Å². The second kappa shape index (κ2) is 8.85. The van der Waals surface area contributed by atoms with Gasteiger partial charge in [0.1, 0.15) is 23.6 Å². The molecule has 4 aliphatic heterocycles. The number of nitrogens with zero attached hydrogens (tertiary/aromatic N) is 4. The van der Waals surface area contributed by atoms with Crippen LogP contribution in [0.3, 0.4) is 0 Å². The third-order valence-electron chi connectivity index (χ3n) is 8.98. The number of benzene rings is 2. The molecule has 4 aromatic rings.